The molecule has 2 aromatic heterocycles. The van der Waals surface area contributed by atoms with Gasteiger partial charge in [-0.3, -0.25) is 0 Å². The van der Waals surface area contributed by atoms with Gasteiger partial charge in [-0.2, -0.15) is 9.61 Å². The summed E-state index contributed by atoms with van der Waals surface area (Å²) in [5, 5.41) is 5.01. The Morgan fingerprint density at radius 2 is 1.72 bits per heavy atom. The Labute approximate surface area is 173 Å². The fourth-order valence-corrected chi connectivity index (χ4v) is 5.05. The molecular formula is C24H32N4O. The van der Waals surface area contributed by atoms with E-state index in [9.17, 15) is 0 Å². The lowest BCUT2D eigenvalue weighted by Crippen LogP contribution is -2.37. The Hall–Kier alpha value is -2.40. The largest absolute Gasteiger partial charge is 0.383 e. The Kier molecular flexibility index (Phi) is 5.11. The van der Waals surface area contributed by atoms with Crippen molar-refractivity contribution in [2.75, 3.05) is 25.2 Å². The number of hydrogen-bond acceptors (Lipinski definition) is 4. The number of benzene rings is 1. The highest BCUT2D eigenvalue weighted by molar-refractivity contribution is 5.85. The van der Waals surface area contributed by atoms with Gasteiger partial charge in [-0.25, -0.2) is 4.98 Å². The molecule has 154 valence electrons. The van der Waals surface area contributed by atoms with Crippen LogP contribution in [-0.4, -0.2) is 40.9 Å². The second-order valence-corrected chi connectivity index (χ2v) is 8.43. The molecular weight excluding hydrogens is 360 g/mol. The minimum Gasteiger partial charge on any atom is -0.383 e. The van der Waals surface area contributed by atoms with Crippen LogP contribution in [0, 0.1) is 34.6 Å². The number of methoxy groups -OCH3 is 1. The monoisotopic (exact) mass is 392 g/mol. The second kappa shape index (κ2) is 7.45. The first-order valence-electron chi connectivity index (χ1n) is 10.6. The number of hydrogen-bond donors (Lipinski definition) is 0. The van der Waals surface area contributed by atoms with Crippen molar-refractivity contribution in [1.82, 2.24) is 14.6 Å². The Balaban J connectivity index is 1.99. The van der Waals surface area contributed by atoms with Gasteiger partial charge in [0.05, 0.1) is 23.9 Å². The minimum atomic E-state index is 0.349. The molecule has 0 saturated heterocycles. The molecule has 0 amide bonds. The fraction of sp³-hybridized carbons (Fsp3) is 0.500. The molecule has 0 fully saturated rings. The highest BCUT2D eigenvalue weighted by Crippen LogP contribution is 2.38. The topological polar surface area (TPSA) is 42.7 Å². The zero-order valence-corrected chi connectivity index (χ0v) is 18.8. The van der Waals surface area contributed by atoms with Gasteiger partial charge in [-0.15, -0.1) is 0 Å². The lowest BCUT2D eigenvalue weighted by atomic mass is 9.94. The quantitative estimate of drug-likeness (QED) is 0.630. The van der Waals surface area contributed by atoms with Crippen molar-refractivity contribution in [3.8, 4) is 11.1 Å². The number of anilines is 1. The van der Waals surface area contributed by atoms with Crippen molar-refractivity contribution in [3.05, 3.63) is 45.8 Å². The van der Waals surface area contributed by atoms with Crippen molar-refractivity contribution < 1.29 is 4.74 Å². The van der Waals surface area contributed by atoms with Crippen molar-refractivity contribution in [2.45, 2.75) is 60.4 Å². The summed E-state index contributed by atoms with van der Waals surface area (Å²) in [5.74, 6) is 1.20. The zero-order chi connectivity index (χ0) is 20.9. The third kappa shape index (κ3) is 3.12. The van der Waals surface area contributed by atoms with Gasteiger partial charge in [0.2, 0.25) is 0 Å². The normalized spacial score (nSPS) is 14.7. The predicted octanol–water partition coefficient (Wildman–Crippen LogP) is 4.73. The minimum absolute atomic E-state index is 0.349. The van der Waals surface area contributed by atoms with Crippen molar-refractivity contribution in [2.24, 2.45) is 0 Å². The van der Waals surface area contributed by atoms with Crippen LogP contribution in [0.3, 0.4) is 0 Å². The molecule has 0 aliphatic carbocycles. The van der Waals surface area contributed by atoms with Crippen molar-refractivity contribution in [1.29, 1.82) is 0 Å². The lowest BCUT2D eigenvalue weighted by Gasteiger charge is -2.29. The Morgan fingerprint density at radius 1 is 1.03 bits per heavy atom. The summed E-state index contributed by atoms with van der Waals surface area (Å²) in [7, 11) is 1.78. The number of ether oxygens (including phenoxy) is 1. The smallest absolute Gasteiger partial charge is 0.165 e. The van der Waals surface area contributed by atoms with Crippen LogP contribution in [0.1, 0.15) is 47.0 Å². The summed E-state index contributed by atoms with van der Waals surface area (Å²) in [6.45, 7) is 14.7. The fourth-order valence-electron chi connectivity index (χ4n) is 5.05. The maximum absolute atomic E-state index is 5.52. The number of rotatable bonds is 5. The van der Waals surface area contributed by atoms with Crippen LogP contribution in [0.5, 0.6) is 0 Å². The van der Waals surface area contributed by atoms with E-state index in [-0.39, 0.29) is 0 Å². The maximum Gasteiger partial charge on any atom is 0.165 e. The molecule has 1 unspecified atom stereocenters. The van der Waals surface area contributed by atoms with Crippen LogP contribution in [0.15, 0.2) is 12.1 Å². The van der Waals surface area contributed by atoms with Crippen LogP contribution < -0.4 is 4.90 Å². The van der Waals surface area contributed by atoms with Gasteiger partial charge in [0.15, 0.2) is 5.65 Å². The van der Waals surface area contributed by atoms with E-state index in [4.69, 9.17) is 14.8 Å². The van der Waals surface area contributed by atoms with E-state index in [1.807, 2.05) is 0 Å². The van der Waals surface area contributed by atoms with E-state index in [2.05, 4.69) is 63.1 Å². The Morgan fingerprint density at radius 3 is 2.34 bits per heavy atom. The molecule has 1 aromatic carbocycles. The summed E-state index contributed by atoms with van der Waals surface area (Å²) in [4.78, 5) is 7.53. The average Bonchev–Trinajstić information content (AvgIpc) is 3.22. The van der Waals surface area contributed by atoms with Gasteiger partial charge in [-0.05, 0) is 64.2 Å². The second-order valence-electron chi connectivity index (χ2n) is 8.43. The van der Waals surface area contributed by atoms with Gasteiger partial charge in [0.1, 0.15) is 5.82 Å². The summed E-state index contributed by atoms with van der Waals surface area (Å²) in [6.07, 6.45) is 2.06. The van der Waals surface area contributed by atoms with E-state index < -0.39 is 0 Å². The number of aryl methyl sites for hydroxylation is 5. The zero-order valence-electron chi connectivity index (χ0n) is 18.8. The molecule has 0 radical (unpaired) electrons. The first-order valence-corrected chi connectivity index (χ1v) is 10.6. The van der Waals surface area contributed by atoms with Crippen LogP contribution in [0.2, 0.25) is 0 Å². The average molecular weight is 393 g/mol. The summed E-state index contributed by atoms with van der Waals surface area (Å²) in [5.41, 5.74) is 10.7. The molecule has 4 rings (SSSR count). The highest BCUT2D eigenvalue weighted by atomic mass is 16.5. The van der Waals surface area contributed by atoms with E-state index in [0.717, 1.165) is 48.6 Å². The first-order chi connectivity index (χ1) is 13.9. The van der Waals surface area contributed by atoms with Gasteiger partial charge in [0, 0.05) is 24.9 Å². The van der Waals surface area contributed by atoms with Gasteiger partial charge in [0.25, 0.3) is 0 Å². The standard InChI is InChI=1S/C24H32N4O/c1-8-19(13-29-7)27-10-9-20-17(5)25-23-22(18(6)26-28(23)24(20)27)21-15(3)11-14(2)12-16(21)4/h11-12,19H,8-10,13H2,1-7H3. The molecule has 1 aliphatic heterocycles. The molecule has 3 heterocycles. The maximum atomic E-state index is 5.52. The summed E-state index contributed by atoms with van der Waals surface area (Å²) >= 11 is 0. The molecule has 1 atom stereocenters. The van der Waals surface area contributed by atoms with Crippen LogP contribution in [0.4, 0.5) is 5.82 Å². The van der Waals surface area contributed by atoms with Gasteiger partial charge >= 0.3 is 0 Å². The van der Waals surface area contributed by atoms with Gasteiger partial charge in [-0.1, -0.05) is 24.6 Å². The molecule has 0 bridgehead atoms. The first kappa shape index (κ1) is 19.9. The molecule has 5 nitrogen and oxygen atoms in total. The van der Waals surface area contributed by atoms with E-state index in [0.29, 0.717) is 6.04 Å². The highest BCUT2D eigenvalue weighted by Gasteiger charge is 2.32. The lowest BCUT2D eigenvalue weighted by molar-refractivity contribution is 0.175. The van der Waals surface area contributed by atoms with E-state index >= 15 is 0 Å². The third-order valence-corrected chi connectivity index (χ3v) is 6.29. The molecule has 0 saturated carbocycles. The number of aromatic nitrogens is 3. The van der Waals surface area contributed by atoms with Gasteiger partial charge < -0.3 is 9.64 Å². The van der Waals surface area contributed by atoms with Crippen LogP contribution in [-0.2, 0) is 11.2 Å². The SMILES string of the molecule is CCC(COC)N1CCc2c(C)nc3c(-c4c(C)cc(C)cc4C)c(C)nn3c21. The molecule has 0 spiro atoms. The number of nitrogens with zero attached hydrogens (tertiary/aromatic N) is 4. The van der Waals surface area contributed by atoms with Crippen LogP contribution >= 0.6 is 0 Å². The number of fused-ring (bicyclic) bond motifs is 3. The third-order valence-electron chi connectivity index (χ3n) is 6.29. The van der Waals surface area contributed by atoms with Crippen molar-refractivity contribution >= 4 is 11.5 Å². The molecule has 1 aliphatic rings. The summed E-state index contributed by atoms with van der Waals surface area (Å²) in [6, 6.07) is 4.86. The van der Waals surface area contributed by atoms with E-state index in [1.165, 1.54) is 33.6 Å². The van der Waals surface area contributed by atoms with E-state index in [1.54, 1.807) is 7.11 Å². The predicted molar refractivity (Wildman–Crippen MR) is 119 cm³/mol. The molecule has 3 aromatic rings. The van der Waals surface area contributed by atoms with Crippen molar-refractivity contribution in [3.63, 3.8) is 0 Å². The Bertz CT molecular complexity index is 1060. The molecule has 5 heteroatoms. The molecule has 29 heavy (non-hydrogen) atoms. The molecule has 0 N–H and O–H groups in total. The van der Waals surface area contributed by atoms with Crippen LogP contribution in [0.25, 0.3) is 16.8 Å². The summed E-state index contributed by atoms with van der Waals surface area (Å²) < 4.78 is 7.61.